The highest BCUT2D eigenvalue weighted by atomic mass is 15.2. The van der Waals surface area contributed by atoms with Gasteiger partial charge in [-0.3, -0.25) is 9.88 Å². The van der Waals surface area contributed by atoms with E-state index in [0.717, 1.165) is 6.54 Å². The molecule has 0 unspecified atom stereocenters. The lowest BCUT2D eigenvalue weighted by molar-refractivity contribution is 0.172. The van der Waals surface area contributed by atoms with Gasteiger partial charge in [0, 0.05) is 53.7 Å². The Labute approximate surface area is 143 Å². The first-order valence-corrected chi connectivity index (χ1v) is 9.14. The summed E-state index contributed by atoms with van der Waals surface area (Å²) < 4.78 is 0. The van der Waals surface area contributed by atoms with Crippen molar-refractivity contribution < 1.29 is 0 Å². The van der Waals surface area contributed by atoms with E-state index < -0.39 is 0 Å². The quantitative estimate of drug-likeness (QED) is 0.797. The van der Waals surface area contributed by atoms with E-state index in [1.807, 2.05) is 0 Å². The van der Waals surface area contributed by atoms with Crippen LogP contribution < -0.4 is 4.90 Å². The molecule has 2 rings (SSSR count). The molecule has 0 radical (unpaired) electrons. The third-order valence-corrected chi connectivity index (χ3v) is 5.83. The maximum absolute atomic E-state index is 4.76. The molecule has 0 saturated heterocycles. The maximum atomic E-state index is 4.76. The van der Waals surface area contributed by atoms with Gasteiger partial charge in [-0.15, -0.1) is 0 Å². The second-order valence-corrected chi connectivity index (χ2v) is 8.01. The molecule has 0 bridgehead atoms. The fraction of sp³-hybridized carbons (Fsp3) is 0.750. The number of nitrogens with zero attached hydrogens (tertiary/aromatic N) is 3. The first-order chi connectivity index (χ1) is 10.7. The zero-order valence-electron chi connectivity index (χ0n) is 16.5. The van der Waals surface area contributed by atoms with Crippen molar-refractivity contribution in [2.24, 2.45) is 0 Å². The number of anilines is 1. The Morgan fingerprint density at radius 2 is 1.74 bits per heavy atom. The Hall–Kier alpha value is -1.09. The number of rotatable bonds is 2. The molecule has 0 amide bonds. The van der Waals surface area contributed by atoms with E-state index in [2.05, 4.69) is 78.4 Å². The van der Waals surface area contributed by atoms with Crippen LogP contribution in [-0.4, -0.2) is 41.6 Å². The molecular weight excluding hydrogens is 282 g/mol. The minimum absolute atomic E-state index is 0.477. The number of aromatic nitrogens is 1. The zero-order chi connectivity index (χ0) is 17.5. The van der Waals surface area contributed by atoms with Gasteiger partial charge in [0.25, 0.3) is 0 Å². The van der Waals surface area contributed by atoms with Gasteiger partial charge in [0.05, 0.1) is 0 Å². The summed E-state index contributed by atoms with van der Waals surface area (Å²) >= 11 is 0. The number of fused-ring (bicyclic) bond motifs is 1. The highest BCUT2D eigenvalue weighted by molar-refractivity contribution is 5.64. The van der Waals surface area contributed by atoms with Crippen molar-refractivity contribution in [1.29, 1.82) is 0 Å². The second-order valence-electron chi connectivity index (χ2n) is 8.01. The average Bonchev–Trinajstić information content (AvgIpc) is 2.48. The molecule has 2 heterocycles. The van der Waals surface area contributed by atoms with Crippen LogP contribution in [0.15, 0.2) is 6.20 Å². The third kappa shape index (κ3) is 3.26. The topological polar surface area (TPSA) is 19.4 Å². The third-order valence-electron chi connectivity index (χ3n) is 5.83. The van der Waals surface area contributed by atoms with E-state index in [0.29, 0.717) is 30.0 Å². The monoisotopic (exact) mass is 317 g/mol. The standard InChI is InChI=1S/C20H35N3/c1-12(2)18-10-21-16(7)19-15(6)17(8)22(9)14(5)11-23(13(3)4)20(18)19/h10,12-15,17H,11H2,1-9H3/t14-,15-,17+/m0/s1. The first-order valence-electron chi connectivity index (χ1n) is 9.14. The Kier molecular flexibility index (Phi) is 5.40. The molecule has 1 aromatic rings. The highest BCUT2D eigenvalue weighted by Crippen LogP contribution is 2.41. The van der Waals surface area contributed by atoms with Crippen LogP contribution in [0, 0.1) is 6.92 Å². The fourth-order valence-electron chi connectivity index (χ4n) is 3.88. The lowest BCUT2D eigenvalue weighted by Gasteiger charge is -2.45. The minimum atomic E-state index is 0.477. The van der Waals surface area contributed by atoms with Crippen LogP contribution in [0.1, 0.15) is 77.1 Å². The number of aryl methyl sites for hydroxylation is 1. The van der Waals surface area contributed by atoms with E-state index >= 15 is 0 Å². The molecule has 0 aromatic carbocycles. The molecular formula is C20H35N3. The van der Waals surface area contributed by atoms with Crippen LogP contribution in [0.5, 0.6) is 0 Å². The van der Waals surface area contributed by atoms with Crippen molar-refractivity contribution in [3.05, 3.63) is 23.0 Å². The molecule has 0 fully saturated rings. The van der Waals surface area contributed by atoms with Crippen LogP contribution >= 0.6 is 0 Å². The summed E-state index contributed by atoms with van der Waals surface area (Å²) in [7, 11) is 2.27. The summed E-state index contributed by atoms with van der Waals surface area (Å²) in [5, 5.41) is 0. The predicted molar refractivity (Wildman–Crippen MR) is 101 cm³/mol. The van der Waals surface area contributed by atoms with E-state index in [9.17, 15) is 0 Å². The van der Waals surface area contributed by atoms with Crippen molar-refractivity contribution in [3.8, 4) is 0 Å². The Morgan fingerprint density at radius 1 is 1.13 bits per heavy atom. The number of hydrogen-bond donors (Lipinski definition) is 0. The molecule has 23 heavy (non-hydrogen) atoms. The SMILES string of the molecule is Cc1ncc(C(C)C)c2c1[C@@H](C)[C@@H](C)N(C)[C@@H](C)CN2C(C)C. The van der Waals surface area contributed by atoms with E-state index in [1.54, 1.807) is 0 Å². The van der Waals surface area contributed by atoms with Gasteiger partial charge in [-0.1, -0.05) is 20.8 Å². The molecule has 3 atom stereocenters. The van der Waals surface area contributed by atoms with Crippen LogP contribution in [0.2, 0.25) is 0 Å². The predicted octanol–water partition coefficient (Wildman–Crippen LogP) is 4.55. The smallest absolute Gasteiger partial charge is 0.0473 e. The van der Waals surface area contributed by atoms with Crippen LogP contribution in [0.4, 0.5) is 5.69 Å². The number of likely N-dealkylation sites (N-methyl/N-ethyl adjacent to an activating group) is 1. The lowest BCUT2D eigenvalue weighted by atomic mass is 9.85. The maximum Gasteiger partial charge on any atom is 0.0473 e. The minimum Gasteiger partial charge on any atom is -0.367 e. The highest BCUT2D eigenvalue weighted by Gasteiger charge is 2.33. The summed E-state index contributed by atoms with van der Waals surface area (Å²) in [4.78, 5) is 9.91. The molecule has 3 heteroatoms. The summed E-state index contributed by atoms with van der Waals surface area (Å²) in [5.74, 6) is 0.971. The Bertz CT molecular complexity index is 550. The molecule has 0 saturated carbocycles. The molecule has 0 N–H and O–H groups in total. The fourth-order valence-corrected chi connectivity index (χ4v) is 3.88. The van der Waals surface area contributed by atoms with E-state index in [1.165, 1.54) is 22.5 Å². The summed E-state index contributed by atoms with van der Waals surface area (Å²) in [6.45, 7) is 19.5. The Balaban J connectivity index is 2.76. The summed E-state index contributed by atoms with van der Waals surface area (Å²) in [5.41, 5.74) is 5.51. The molecule has 1 aromatic heterocycles. The van der Waals surface area contributed by atoms with Crippen molar-refractivity contribution >= 4 is 5.69 Å². The molecule has 3 nitrogen and oxygen atoms in total. The molecule has 0 spiro atoms. The molecule has 0 aliphatic carbocycles. The van der Waals surface area contributed by atoms with E-state index in [-0.39, 0.29) is 0 Å². The van der Waals surface area contributed by atoms with Crippen molar-refractivity contribution in [2.75, 3.05) is 18.5 Å². The Morgan fingerprint density at radius 3 is 2.26 bits per heavy atom. The lowest BCUT2D eigenvalue weighted by Crippen LogP contribution is -2.50. The molecule has 130 valence electrons. The summed E-state index contributed by atoms with van der Waals surface area (Å²) in [6.07, 6.45) is 2.11. The van der Waals surface area contributed by atoms with Gasteiger partial charge in [0.15, 0.2) is 0 Å². The normalized spacial score (nSPS) is 26.4. The average molecular weight is 318 g/mol. The van der Waals surface area contributed by atoms with Gasteiger partial charge < -0.3 is 4.90 Å². The summed E-state index contributed by atoms with van der Waals surface area (Å²) in [6, 6.07) is 1.54. The van der Waals surface area contributed by atoms with Gasteiger partial charge in [-0.25, -0.2) is 0 Å². The van der Waals surface area contributed by atoms with Gasteiger partial charge in [-0.2, -0.15) is 0 Å². The van der Waals surface area contributed by atoms with Crippen LogP contribution in [-0.2, 0) is 0 Å². The van der Waals surface area contributed by atoms with E-state index in [4.69, 9.17) is 4.98 Å². The largest absolute Gasteiger partial charge is 0.367 e. The van der Waals surface area contributed by atoms with Crippen molar-refractivity contribution in [2.45, 2.75) is 85.4 Å². The molecule has 1 aliphatic rings. The van der Waals surface area contributed by atoms with Gasteiger partial charge in [0.2, 0.25) is 0 Å². The van der Waals surface area contributed by atoms with Gasteiger partial charge in [0.1, 0.15) is 0 Å². The number of pyridine rings is 1. The van der Waals surface area contributed by atoms with Crippen molar-refractivity contribution in [1.82, 2.24) is 9.88 Å². The van der Waals surface area contributed by atoms with Crippen LogP contribution in [0.25, 0.3) is 0 Å². The number of hydrogen-bond acceptors (Lipinski definition) is 3. The van der Waals surface area contributed by atoms with Gasteiger partial charge >= 0.3 is 0 Å². The first kappa shape index (κ1) is 18.3. The molecule has 1 aliphatic heterocycles. The van der Waals surface area contributed by atoms with Gasteiger partial charge in [-0.05, 0) is 53.1 Å². The van der Waals surface area contributed by atoms with Crippen LogP contribution in [0.3, 0.4) is 0 Å². The zero-order valence-corrected chi connectivity index (χ0v) is 16.5. The second kappa shape index (κ2) is 6.80. The van der Waals surface area contributed by atoms with Crippen molar-refractivity contribution in [3.63, 3.8) is 0 Å².